The topological polar surface area (TPSA) is 128 Å². The highest BCUT2D eigenvalue weighted by Gasteiger charge is 2.17. The quantitative estimate of drug-likeness (QED) is 0.177. The van der Waals surface area contributed by atoms with E-state index >= 15 is 0 Å². The van der Waals surface area contributed by atoms with E-state index in [2.05, 4.69) is 22.1 Å². The molecule has 14 heteroatoms. The molecule has 0 amide bonds. The molecule has 1 N–H and O–H groups in total. The molecule has 0 bridgehead atoms. The van der Waals surface area contributed by atoms with Crippen LogP contribution in [0.3, 0.4) is 0 Å². The lowest BCUT2D eigenvalue weighted by Gasteiger charge is -2.20. The van der Waals surface area contributed by atoms with E-state index in [-0.39, 0.29) is 23.5 Å². The molecule has 218 valence electrons. The van der Waals surface area contributed by atoms with Crippen LogP contribution in [0, 0.1) is 0 Å². The number of imidazole rings is 2. The Kier molecular flexibility index (Phi) is 8.78. The first-order chi connectivity index (χ1) is 19.2. The second kappa shape index (κ2) is 12.1. The third-order valence-electron chi connectivity index (χ3n) is 7.59. The minimum absolute atomic E-state index is 0. The van der Waals surface area contributed by atoms with Gasteiger partial charge in [-0.1, -0.05) is 30.3 Å². The first-order valence-electron chi connectivity index (χ1n) is 13.3. The number of aromatic nitrogens is 8. The fourth-order valence-electron chi connectivity index (χ4n) is 5.32. The minimum atomic E-state index is -0.396. The van der Waals surface area contributed by atoms with Crippen molar-refractivity contribution in [3.05, 3.63) is 90.2 Å². The normalized spacial score (nSPS) is 11.5. The van der Waals surface area contributed by atoms with Crippen molar-refractivity contribution < 1.29 is 17.3 Å². The molecule has 4 aromatic heterocycles. The highest BCUT2D eigenvalue weighted by Crippen LogP contribution is 2.07. The summed E-state index contributed by atoms with van der Waals surface area (Å²) >= 11 is 0. The van der Waals surface area contributed by atoms with Gasteiger partial charge in [0.25, 0.3) is 11.1 Å². The Bertz CT molecular complexity index is 1810. The van der Waals surface area contributed by atoms with Gasteiger partial charge < -0.3 is 26.4 Å². The van der Waals surface area contributed by atoms with Crippen LogP contribution in [0.25, 0.3) is 22.3 Å². The van der Waals surface area contributed by atoms with E-state index < -0.39 is 11.4 Å². The summed E-state index contributed by atoms with van der Waals surface area (Å²) in [5.74, 6) is 0. The van der Waals surface area contributed by atoms with Crippen LogP contribution in [0.2, 0.25) is 0 Å². The van der Waals surface area contributed by atoms with Crippen molar-refractivity contribution in [3.63, 3.8) is 0 Å². The molecule has 0 saturated carbocycles. The molecule has 0 aliphatic carbocycles. The number of fused-ring (bicyclic) bond motifs is 2. The molecule has 0 aliphatic rings. The number of benzene rings is 1. The van der Waals surface area contributed by atoms with E-state index in [1.807, 2.05) is 27.3 Å². The molecule has 0 aliphatic heterocycles. The second-order valence-electron chi connectivity index (χ2n) is 10.3. The Morgan fingerprint density at radius 1 is 0.659 bits per heavy atom. The number of nitrogens with zero attached hydrogens (tertiary/aromatic N) is 8. The number of nitrogens with one attached hydrogen (secondary N) is 1. The van der Waals surface area contributed by atoms with Crippen molar-refractivity contribution in [2.45, 2.75) is 32.5 Å². The van der Waals surface area contributed by atoms with E-state index in [9.17, 15) is 19.2 Å². The molecule has 4 heterocycles. The summed E-state index contributed by atoms with van der Waals surface area (Å²) in [5, 5.41) is 0. The third kappa shape index (κ3) is 5.55. The highest BCUT2D eigenvalue weighted by molar-refractivity contribution is 5.70. The molecule has 5 aromatic rings. The standard InChI is InChI=1S/C27H33N9O4.ClH/c1-30-22-20(24(37)32(3)26(30)39)35(17-28-22)14-8-12-34(16-19-10-6-5-7-11-19)13-9-15-36-18-29-23-21(36)25(38)33(4)27(40)31(23)2;/h5-7,10-11,17-18H,8-9,12-16H2,1-4H3;1H. The summed E-state index contributed by atoms with van der Waals surface area (Å²) in [4.78, 5) is 60.1. The van der Waals surface area contributed by atoms with E-state index in [0.717, 1.165) is 41.6 Å². The van der Waals surface area contributed by atoms with Gasteiger partial charge in [-0.05, 0) is 0 Å². The molecule has 13 nitrogen and oxygen atoms in total. The summed E-state index contributed by atoms with van der Waals surface area (Å²) in [6, 6.07) is 10.3. The van der Waals surface area contributed by atoms with E-state index in [4.69, 9.17) is 0 Å². The Balaban J connectivity index is 0.00000387. The Labute approximate surface area is 240 Å². The van der Waals surface area contributed by atoms with Gasteiger partial charge in [0.05, 0.1) is 25.7 Å². The van der Waals surface area contributed by atoms with Gasteiger partial charge in [-0.25, -0.2) is 19.6 Å². The van der Waals surface area contributed by atoms with Gasteiger partial charge in [-0.2, -0.15) is 0 Å². The maximum absolute atomic E-state index is 12.8. The molecule has 0 saturated heterocycles. The molecular weight excluding hydrogens is 550 g/mol. The molecule has 0 spiro atoms. The maximum atomic E-state index is 12.8. The molecule has 1 aromatic carbocycles. The SMILES string of the molecule is Cn1c(=O)c2c(ncn2CCC[NH+](CCCn2cnc3c2c(=O)n(C)c(=O)n3C)Cc2ccccc2)n(C)c1=O.[Cl-]. The Morgan fingerprint density at radius 3 is 1.54 bits per heavy atom. The number of hydrogen-bond donors (Lipinski definition) is 1. The molecule has 0 unspecified atom stereocenters. The highest BCUT2D eigenvalue weighted by atomic mass is 35.5. The Morgan fingerprint density at radius 2 is 1.10 bits per heavy atom. The smallest absolute Gasteiger partial charge is 0.332 e. The van der Waals surface area contributed by atoms with E-state index in [1.54, 1.807) is 26.7 Å². The molecule has 0 fully saturated rings. The number of halogens is 1. The van der Waals surface area contributed by atoms with Gasteiger partial charge >= 0.3 is 11.4 Å². The van der Waals surface area contributed by atoms with Gasteiger partial charge in [0.2, 0.25) is 0 Å². The van der Waals surface area contributed by atoms with Crippen LogP contribution in [0.1, 0.15) is 18.4 Å². The van der Waals surface area contributed by atoms with Crippen LogP contribution >= 0.6 is 0 Å². The first kappa shape index (κ1) is 29.7. The summed E-state index contributed by atoms with van der Waals surface area (Å²) in [6.45, 7) is 3.73. The minimum Gasteiger partial charge on any atom is -1.00 e. The van der Waals surface area contributed by atoms with Crippen LogP contribution in [-0.4, -0.2) is 50.5 Å². The summed E-state index contributed by atoms with van der Waals surface area (Å²) in [6.07, 6.45) is 4.85. The molecular formula is C27H34ClN9O4. The molecule has 5 rings (SSSR count). The average Bonchev–Trinajstić information content (AvgIpc) is 3.58. The van der Waals surface area contributed by atoms with Gasteiger partial charge in [0.15, 0.2) is 22.3 Å². The largest absolute Gasteiger partial charge is 1.00 e. The third-order valence-corrected chi connectivity index (χ3v) is 7.59. The number of quaternary nitrogens is 1. The summed E-state index contributed by atoms with van der Waals surface area (Å²) in [7, 11) is 6.19. The van der Waals surface area contributed by atoms with Gasteiger partial charge in [0.1, 0.15) is 6.54 Å². The maximum Gasteiger partial charge on any atom is 0.332 e. The van der Waals surface area contributed by atoms with Crippen molar-refractivity contribution in [3.8, 4) is 0 Å². The summed E-state index contributed by atoms with van der Waals surface area (Å²) < 4.78 is 8.66. The van der Waals surface area contributed by atoms with Crippen LogP contribution in [-0.2, 0) is 47.8 Å². The zero-order chi connectivity index (χ0) is 28.6. The second-order valence-corrected chi connectivity index (χ2v) is 10.3. The lowest BCUT2D eigenvalue weighted by atomic mass is 10.2. The van der Waals surface area contributed by atoms with Crippen molar-refractivity contribution in [1.82, 2.24) is 37.4 Å². The van der Waals surface area contributed by atoms with Gasteiger partial charge in [-0.3, -0.25) is 27.9 Å². The van der Waals surface area contributed by atoms with Crippen LogP contribution in [0.4, 0.5) is 0 Å². The van der Waals surface area contributed by atoms with Gasteiger partial charge in [-0.15, -0.1) is 0 Å². The Hall–Kier alpha value is -4.23. The lowest BCUT2D eigenvalue weighted by molar-refractivity contribution is -0.914. The van der Waals surface area contributed by atoms with E-state index in [1.165, 1.54) is 33.7 Å². The fraction of sp³-hybridized carbons (Fsp3) is 0.407. The number of rotatable bonds is 10. The zero-order valence-corrected chi connectivity index (χ0v) is 24.3. The van der Waals surface area contributed by atoms with Crippen molar-refractivity contribution in [2.75, 3.05) is 13.1 Å². The molecule has 41 heavy (non-hydrogen) atoms. The van der Waals surface area contributed by atoms with Crippen LogP contribution < -0.4 is 39.8 Å². The van der Waals surface area contributed by atoms with Crippen molar-refractivity contribution >= 4 is 22.3 Å². The van der Waals surface area contributed by atoms with Crippen molar-refractivity contribution in [2.24, 2.45) is 28.2 Å². The fourth-order valence-corrected chi connectivity index (χ4v) is 5.32. The monoisotopic (exact) mass is 583 g/mol. The number of hydrogen-bond acceptors (Lipinski definition) is 6. The van der Waals surface area contributed by atoms with Crippen LogP contribution in [0.15, 0.2) is 62.2 Å². The first-order valence-corrected chi connectivity index (χ1v) is 13.3. The zero-order valence-electron chi connectivity index (χ0n) is 23.6. The predicted molar refractivity (Wildman–Crippen MR) is 151 cm³/mol. The van der Waals surface area contributed by atoms with Crippen molar-refractivity contribution in [1.29, 1.82) is 0 Å². The van der Waals surface area contributed by atoms with Crippen LogP contribution in [0.5, 0.6) is 0 Å². The number of aryl methyl sites for hydroxylation is 4. The average molecular weight is 584 g/mol. The predicted octanol–water partition coefficient (Wildman–Crippen LogP) is -4.25. The summed E-state index contributed by atoms with van der Waals surface area (Å²) in [5.41, 5.74) is 1.37. The molecule has 0 radical (unpaired) electrons. The lowest BCUT2D eigenvalue weighted by Crippen LogP contribution is -3.10. The van der Waals surface area contributed by atoms with Gasteiger partial charge in [0, 0.05) is 59.7 Å². The molecule has 0 atom stereocenters. The van der Waals surface area contributed by atoms with E-state index in [0.29, 0.717) is 35.4 Å².